The number of anilines is 1. The van der Waals surface area contributed by atoms with Crippen molar-refractivity contribution in [2.45, 2.75) is 27.7 Å². The summed E-state index contributed by atoms with van der Waals surface area (Å²) >= 11 is 0. The Balaban J connectivity index is 2.56. The Hall–Kier alpha value is -1.97. The molecule has 0 aliphatic heterocycles. The zero-order valence-corrected chi connectivity index (χ0v) is 11.3. The Morgan fingerprint density at radius 1 is 1.17 bits per heavy atom. The van der Waals surface area contributed by atoms with Crippen LogP contribution < -0.4 is 5.32 Å². The van der Waals surface area contributed by atoms with Gasteiger partial charge in [0.15, 0.2) is 5.82 Å². The zero-order valence-electron chi connectivity index (χ0n) is 11.3. The number of hydrogen-bond acceptors (Lipinski definition) is 4. The minimum absolute atomic E-state index is 0.687. The molecule has 4 nitrogen and oxygen atoms in total. The van der Waals surface area contributed by atoms with E-state index in [1.807, 2.05) is 32.9 Å². The highest BCUT2D eigenvalue weighted by Gasteiger charge is 2.11. The predicted molar refractivity (Wildman–Crippen MR) is 73.6 cm³/mol. The van der Waals surface area contributed by atoms with Crippen molar-refractivity contribution in [3.8, 4) is 11.5 Å². The smallest absolute Gasteiger partial charge is 0.180 e. The minimum Gasteiger partial charge on any atom is -0.370 e. The normalized spacial score (nSPS) is 10.4. The van der Waals surface area contributed by atoms with Crippen molar-refractivity contribution in [2.75, 3.05) is 11.9 Å². The molecule has 0 bridgehead atoms. The van der Waals surface area contributed by atoms with Gasteiger partial charge in [-0.15, -0.1) is 0 Å². The van der Waals surface area contributed by atoms with E-state index in [1.54, 1.807) is 6.20 Å². The van der Waals surface area contributed by atoms with E-state index in [4.69, 9.17) is 0 Å². The fourth-order valence-electron chi connectivity index (χ4n) is 1.79. The molecule has 0 atom stereocenters. The second-order valence-electron chi connectivity index (χ2n) is 4.31. The third-order valence-electron chi connectivity index (χ3n) is 2.95. The van der Waals surface area contributed by atoms with Crippen LogP contribution in [0.3, 0.4) is 0 Å². The summed E-state index contributed by atoms with van der Waals surface area (Å²) in [6, 6.07) is 3.94. The fourth-order valence-corrected chi connectivity index (χ4v) is 1.79. The first-order chi connectivity index (χ1) is 8.63. The van der Waals surface area contributed by atoms with E-state index >= 15 is 0 Å². The van der Waals surface area contributed by atoms with Gasteiger partial charge in [-0.2, -0.15) is 0 Å². The second-order valence-corrected chi connectivity index (χ2v) is 4.31. The summed E-state index contributed by atoms with van der Waals surface area (Å²) in [6.07, 6.45) is 1.77. The second kappa shape index (κ2) is 5.12. The Labute approximate surface area is 108 Å². The summed E-state index contributed by atoms with van der Waals surface area (Å²) in [7, 11) is 0. The van der Waals surface area contributed by atoms with Gasteiger partial charge in [0.2, 0.25) is 0 Å². The molecule has 1 N–H and O–H groups in total. The van der Waals surface area contributed by atoms with Crippen LogP contribution in [0.4, 0.5) is 5.82 Å². The van der Waals surface area contributed by atoms with E-state index in [9.17, 15) is 0 Å². The molecular formula is C14H18N4. The lowest BCUT2D eigenvalue weighted by Crippen LogP contribution is -2.07. The molecule has 0 aromatic carbocycles. The molecule has 0 saturated heterocycles. The van der Waals surface area contributed by atoms with E-state index < -0.39 is 0 Å². The van der Waals surface area contributed by atoms with Crippen LogP contribution in [0.15, 0.2) is 18.3 Å². The fraction of sp³-hybridized carbons (Fsp3) is 0.357. The summed E-state index contributed by atoms with van der Waals surface area (Å²) < 4.78 is 0. The number of aryl methyl sites for hydroxylation is 2. The summed E-state index contributed by atoms with van der Waals surface area (Å²) in [5, 5.41) is 3.27. The Morgan fingerprint density at radius 2 is 1.94 bits per heavy atom. The third kappa shape index (κ3) is 2.32. The van der Waals surface area contributed by atoms with Gasteiger partial charge in [0, 0.05) is 24.0 Å². The lowest BCUT2D eigenvalue weighted by Gasteiger charge is -2.11. The first-order valence-electron chi connectivity index (χ1n) is 6.14. The molecule has 0 aliphatic rings. The van der Waals surface area contributed by atoms with Crippen LogP contribution in [0.25, 0.3) is 11.5 Å². The lowest BCUT2D eigenvalue weighted by molar-refractivity contribution is 1.03. The van der Waals surface area contributed by atoms with Crippen LogP contribution in [-0.2, 0) is 0 Å². The molecule has 0 unspecified atom stereocenters. The van der Waals surface area contributed by atoms with Gasteiger partial charge < -0.3 is 5.32 Å². The number of hydrogen-bond donors (Lipinski definition) is 1. The van der Waals surface area contributed by atoms with Crippen LogP contribution in [0.5, 0.6) is 0 Å². The Morgan fingerprint density at radius 3 is 2.61 bits per heavy atom. The van der Waals surface area contributed by atoms with Gasteiger partial charge in [0.05, 0.1) is 0 Å². The van der Waals surface area contributed by atoms with Crippen molar-refractivity contribution in [2.24, 2.45) is 0 Å². The summed E-state index contributed by atoms with van der Waals surface area (Å²) in [4.78, 5) is 13.5. The van der Waals surface area contributed by atoms with E-state index in [2.05, 4.69) is 27.2 Å². The van der Waals surface area contributed by atoms with Gasteiger partial charge in [-0.05, 0) is 39.3 Å². The SMILES string of the molecule is CCNc1nc(-c2ncccc2C)nc(C)c1C. The molecule has 0 radical (unpaired) electrons. The topological polar surface area (TPSA) is 50.7 Å². The number of nitrogens with one attached hydrogen (secondary N) is 1. The van der Waals surface area contributed by atoms with Crippen molar-refractivity contribution >= 4 is 5.82 Å². The maximum Gasteiger partial charge on any atom is 0.180 e. The summed E-state index contributed by atoms with van der Waals surface area (Å²) in [6.45, 7) is 8.95. The standard InChI is InChI=1S/C14H18N4/c1-5-15-13-10(3)11(4)17-14(18-13)12-9(2)7-6-8-16-12/h6-8H,5H2,1-4H3,(H,15,17,18). The zero-order chi connectivity index (χ0) is 13.1. The van der Waals surface area contributed by atoms with Crippen molar-refractivity contribution in [1.82, 2.24) is 15.0 Å². The average Bonchev–Trinajstić information content (AvgIpc) is 2.35. The molecule has 0 aliphatic carbocycles. The van der Waals surface area contributed by atoms with Crippen molar-refractivity contribution < 1.29 is 0 Å². The maximum atomic E-state index is 4.57. The molecule has 0 saturated carbocycles. The molecule has 4 heteroatoms. The molecule has 2 aromatic heterocycles. The predicted octanol–water partition coefficient (Wildman–Crippen LogP) is 2.90. The van der Waals surface area contributed by atoms with Crippen LogP contribution in [0, 0.1) is 20.8 Å². The van der Waals surface area contributed by atoms with Crippen molar-refractivity contribution in [3.63, 3.8) is 0 Å². The third-order valence-corrected chi connectivity index (χ3v) is 2.95. The molecule has 94 valence electrons. The van der Waals surface area contributed by atoms with E-state index in [-0.39, 0.29) is 0 Å². The highest BCUT2D eigenvalue weighted by atomic mass is 15.0. The highest BCUT2D eigenvalue weighted by molar-refractivity contribution is 5.59. The van der Waals surface area contributed by atoms with Crippen LogP contribution in [0.2, 0.25) is 0 Å². The highest BCUT2D eigenvalue weighted by Crippen LogP contribution is 2.22. The van der Waals surface area contributed by atoms with Crippen LogP contribution in [-0.4, -0.2) is 21.5 Å². The molecule has 18 heavy (non-hydrogen) atoms. The van der Waals surface area contributed by atoms with E-state index in [0.29, 0.717) is 5.82 Å². The van der Waals surface area contributed by atoms with E-state index in [0.717, 1.165) is 34.9 Å². The van der Waals surface area contributed by atoms with Gasteiger partial charge in [-0.3, -0.25) is 4.98 Å². The molecule has 2 heterocycles. The number of rotatable bonds is 3. The van der Waals surface area contributed by atoms with Gasteiger partial charge >= 0.3 is 0 Å². The average molecular weight is 242 g/mol. The van der Waals surface area contributed by atoms with Gasteiger partial charge in [-0.25, -0.2) is 9.97 Å². The summed E-state index contributed by atoms with van der Waals surface area (Å²) in [5.41, 5.74) is 4.01. The molecule has 2 aromatic rings. The van der Waals surface area contributed by atoms with Gasteiger partial charge in [0.1, 0.15) is 11.5 Å². The molecule has 0 fully saturated rings. The lowest BCUT2D eigenvalue weighted by atomic mass is 10.2. The van der Waals surface area contributed by atoms with Crippen molar-refractivity contribution in [3.05, 3.63) is 35.2 Å². The van der Waals surface area contributed by atoms with E-state index in [1.165, 1.54) is 0 Å². The monoisotopic (exact) mass is 242 g/mol. The minimum atomic E-state index is 0.687. The summed E-state index contributed by atoms with van der Waals surface area (Å²) in [5.74, 6) is 1.58. The number of nitrogens with zero attached hydrogens (tertiary/aromatic N) is 3. The molecular weight excluding hydrogens is 224 g/mol. The number of aromatic nitrogens is 3. The molecule has 0 spiro atoms. The van der Waals surface area contributed by atoms with Gasteiger partial charge in [-0.1, -0.05) is 6.07 Å². The first kappa shape index (κ1) is 12.5. The quantitative estimate of drug-likeness (QED) is 0.899. The Kier molecular flexibility index (Phi) is 3.55. The largest absolute Gasteiger partial charge is 0.370 e. The number of pyridine rings is 1. The van der Waals surface area contributed by atoms with Crippen molar-refractivity contribution in [1.29, 1.82) is 0 Å². The first-order valence-corrected chi connectivity index (χ1v) is 6.14. The maximum absolute atomic E-state index is 4.57. The molecule has 2 rings (SSSR count). The van der Waals surface area contributed by atoms with Crippen LogP contribution in [0.1, 0.15) is 23.7 Å². The molecule has 0 amide bonds. The van der Waals surface area contributed by atoms with Gasteiger partial charge in [0.25, 0.3) is 0 Å². The van der Waals surface area contributed by atoms with Crippen LogP contribution >= 0.6 is 0 Å². The Bertz CT molecular complexity index is 564.